The third-order valence-corrected chi connectivity index (χ3v) is 4.48. The highest BCUT2D eigenvalue weighted by atomic mass is 32.1. The van der Waals surface area contributed by atoms with Crippen molar-refractivity contribution in [3.05, 3.63) is 77.6 Å². The van der Waals surface area contributed by atoms with E-state index < -0.39 is 5.82 Å². The zero-order valence-electron chi connectivity index (χ0n) is 12.4. The summed E-state index contributed by atoms with van der Waals surface area (Å²) in [5.74, 6) is -0.250. The van der Waals surface area contributed by atoms with E-state index in [1.165, 1.54) is 18.2 Å². The number of imidazole rings is 1. The van der Waals surface area contributed by atoms with Crippen LogP contribution in [-0.4, -0.2) is 15.3 Å². The highest BCUT2D eigenvalue weighted by molar-refractivity contribution is 7.13. The number of nitrogens with zero attached hydrogens (tertiary/aromatic N) is 2. The fraction of sp³-hybridized carbons (Fsp3) is 0. The summed E-state index contributed by atoms with van der Waals surface area (Å²) < 4.78 is 15.2. The Balaban J connectivity index is 1.80. The second-order valence-corrected chi connectivity index (χ2v) is 6.13. The highest BCUT2D eigenvalue weighted by Gasteiger charge is 2.17. The lowest BCUT2D eigenvalue weighted by atomic mass is 10.2. The summed E-state index contributed by atoms with van der Waals surface area (Å²) in [5, 5.41) is 4.82. The van der Waals surface area contributed by atoms with Gasteiger partial charge in [-0.05, 0) is 41.8 Å². The predicted octanol–water partition coefficient (Wildman–Crippen LogP) is 4.45. The first kappa shape index (κ1) is 14.6. The van der Waals surface area contributed by atoms with Crippen LogP contribution < -0.4 is 5.32 Å². The van der Waals surface area contributed by atoms with Gasteiger partial charge in [0.1, 0.15) is 23.0 Å². The van der Waals surface area contributed by atoms with Gasteiger partial charge in [0.25, 0.3) is 5.91 Å². The summed E-state index contributed by atoms with van der Waals surface area (Å²) >= 11 is 1.54. The van der Waals surface area contributed by atoms with E-state index in [0.29, 0.717) is 11.5 Å². The van der Waals surface area contributed by atoms with Gasteiger partial charge in [0.05, 0.1) is 4.88 Å². The Morgan fingerprint density at radius 1 is 1.12 bits per heavy atom. The maximum atomic E-state index is 13.4. The number of halogens is 1. The molecule has 4 rings (SSSR count). The largest absolute Gasteiger partial charge is 0.306 e. The number of nitrogens with one attached hydrogen (secondary N) is 1. The average Bonchev–Trinajstić information content (AvgIpc) is 3.23. The Morgan fingerprint density at radius 3 is 2.83 bits per heavy atom. The number of amides is 1. The smallest absolute Gasteiger partial charge is 0.256 e. The first-order valence-electron chi connectivity index (χ1n) is 7.30. The van der Waals surface area contributed by atoms with Crippen LogP contribution in [0.15, 0.2) is 66.2 Å². The second kappa shape index (κ2) is 5.90. The molecule has 0 aliphatic carbocycles. The summed E-state index contributed by atoms with van der Waals surface area (Å²) in [6.07, 6.45) is 1.83. The number of thiophene rings is 1. The van der Waals surface area contributed by atoms with Crippen molar-refractivity contribution in [3.8, 4) is 10.6 Å². The zero-order chi connectivity index (χ0) is 16.5. The molecule has 0 aliphatic rings. The maximum Gasteiger partial charge on any atom is 0.256 e. The van der Waals surface area contributed by atoms with Crippen LogP contribution >= 0.6 is 11.3 Å². The number of hydrogen-bond acceptors (Lipinski definition) is 3. The molecule has 0 fully saturated rings. The minimum atomic E-state index is -0.445. The molecule has 0 aliphatic heterocycles. The number of hydrogen-bond donors (Lipinski definition) is 1. The average molecular weight is 337 g/mol. The van der Waals surface area contributed by atoms with E-state index in [1.807, 2.05) is 46.3 Å². The molecule has 0 radical (unpaired) electrons. The summed E-state index contributed by atoms with van der Waals surface area (Å²) in [5.41, 5.74) is 1.69. The Bertz CT molecular complexity index is 1020. The number of pyridine rings is 1. The molecule has 0 unspecified atom stereocenters. The molecule has 6 heteroatoms. The normalized spacial score (nSPS) is 10.9. The molecule has 24 heavy (non-hydrogen) atoms. The van der Waals surface area contributed by atoms with Gasteiger partial charge in [0, 0.05) is 11.8 Å². The van der Waals surface area contributed by atoms with E-state index in [1.54, 1.807) is 17.4 Å². The van der Waals surface area contributed by atoms with Gasteiger partial charge in [-0.25, -0.2) is 9.37 Å². The molecular formula is C18H12FN3OS. The first-order valence-corrected chi connectivity index (χ1v) is 8.18. The molecule has 1 amide bonds. The molecule has 0 saturated heterocycles. The van der Waals surface area contributed by atoms with Crippen LogP contribution in [0.2, 0.25) is 0 Å². The number of carbonyl (C=O) groups excluding carboxylic acids is 1. The number of carbonyl (C=O) groups is 1. The SMILES string of the molecule is O=C(Nc1c(-c2cccs2)nc2ccccn12)c1cccc(F)c1. The molecule has 4 nitrogen and oxygen atoms in total. The lowest BCUT2D eigenvalue weighted by Gasteiger charge is -2.07. The minimum Gasteiger partial charge on any atom is -0.306 e. The summed E-state index contributed by atoms with van der Waals surface area (Å²) in [6, 6.07) is 15.1. The van der Waals surface area contributed by atoms with Crippen LogP contribution in [-0.2, 0) is 0 Å². The van der Waals surface area contributed by atoms with Crippen molar-refractivity contribution >= 4 is 28.7 Å². The molecular weight excluding hydrogens is 325 g/mol. The van der Waals surface area contributed by atoms with Gasteiger partial charge in [-0.1, -0.05) is 18.2 Å². The van der Waals surface area contributed by atoms with Crippen LogP contribution in [0.25, 0.3) is 16.2 Å². The predicted molar refractivity (Wildman–Crippen MR) is 92.9 cm³/mol. The molecule has 0 atom stereocenters. The van der Waals surface area contributed by atoms with E-state index in [-0.39, 0.29) is 11.5 Å². The van der Waals surface area contributed by atoms with E-state index in [0.717, 1.165) is 10.5 Å². The standard InChI is InChI=1S/C18H12FN3OS/c19-13-6-3-5-12(11-13)18(23)21-17-16(14-7-4-10-24-14)20-15-8-1-2-9-22(15)17/h1-11H,(H,21,23). The van der Waals surface area contributed by atoms with Crippen LogP contribution in [0.1, 0.15) is 10.4 Å². The fourth-order valence-electron chi connectivity index (χ4n) is 2.51. The molecule has 0 spiro atoms. The van der Waals surface area contributed by atoms with Gasteiger partial charge in [-0.3, -0.25) is 9.20 Å². The van der Waals surface area contributed by atoms with Gasteiger partial charge in [0.2, 0.25) is 0 Å². The Labute approximate surface area is 141 Å². The Hall–Kier alpha value is -2.99. The van der Waals surface area contributed by atoms with E-state index >= 15 is 0 Å². The molecule has 118 valence electrons. The van der Waals surface area contributed by atoms with Gasteiger partial charge in [-0.2, -0.15) is 0 Å². The van der Waals surface area contributed by atoms with Crippen molar-refractivity contribution in [2.45, 2.75) is 0 Å². The van der Waals surface area contributed by atoms with E-state index in [9.17, 15) is 9.18 Å². The molecule has 1 N–H and O–H groups in total. The number of anilines is 1. The van der Waals surface area contributed by atoms with E-state index in [2.05, 4.69) is 10.3 Å². The van der Waals surface area contributed by atoms with Crippen molar-refractivity contribution in [1.29, 1.82) is 0 Å². The third kappa shape index (κ3) is 2.57. The number of aromatic nitrogens is 2. The monoisotopic (exact) mass is 337 g/mol. The van der Waals surface area contributed by atoms with Crippen LogP contribution in [0.5, 0.6) is 0 Å². The number of rotatable bonds is 3. The number of benzene rings is 1. The third-order valence-electron chi connectivity index (χ3n) is 3.60. The topological polar surface area (TPSA) is 46.4 Å². The Morgan fingerprint density at radius 2 is 2.04 bits per heavy atom. The lowest BCUT2D eigenvalue weighted by Crippen LogP contribution is -2.14. The molecule has 0 saturated carbocycles. The summed E-state index contributed by atoms with van der Waals surface area (Å²) in [6.45, 7) is 0. The van der Waals surface area contributed by atoms with Crippen molar-refractivity contribution in [3.63, 3.8) is 0 Å². The zero-order valence-corrected chi connectivity index (χ0v) is 13.3. The second-order valence-electron chi connectivity index (χ2n) is 5.18. The molecule has 3 aromatic heterocycles. The van der Waals surface area contributed by atoms with Gasteiger partial charge >= 0.3 is 0 Å². The quantitative estimate of drug-likeness (QED) is 0.600. The summed E-state index contributed by atoms with van der Waals surface area (Å²) in [4.78, 5) is 18.1. The van der Waals surface area contributed by atoms with Gasteiger partial charge in [0.15, 0.2) is 0 Å². The van der Waals surface area contributed by atoms with Gasteiger partial charge in [-0.15, -0.1) is 11.3 Å². The van der Waals surface area contributed by atoms with Crippen LogP contribution in [0.4, 0.5) is 10.2 Å². The minimum absolute atomic E-state index is 0.262. The molecule has 1 aromatic carbocycles. The highest BCUT2D eigenvalue weighted by Crippen LogP contribution is 2.32. The van der Waals surface area contributed by atoms with Crippen molar-refractivity contribution in [1.82, 2.24) is 9.38 Å². The van der Waals surface area contributed by atoms with Crippen molar-refractivity contribution in [2.24, 2.45) is 0 Å². The van der Waals surface area contributed by atoms with Gasteiger partial charge < -0.3 is 5.32 Å². The maximum absolute atomic E-state index is 13.4. The van der Waals surface area contributed by atoms with Crippen LogP contribution in [0, 0.1) is 5.82 Å². The molecule has 4 aromatic rings. The summed E-state index contributed by atoms with van der Waals surface area (Å²) in [7, 11) is 0. The Kier molecular flexibility index (Phi) is 3.59. The fourth-order valence-corrected chi connectivity index (χ4v) is 3.22. The first-order chi connectivity index (χ1) is 11.7. The molecule has 3 heterocycles. The van der Waals surface area contributed by atoms with Crippen LogP contribution in [0.3, 0.4) is 0 Å². The number of fused-ring (bicyclic) bond motifs is 1. The van der Waals surface area contributed by atoms with Crippen molar-refractivity contribution < 1.29 is 9.18 Å². The van der Waals surface area contributed by atoms with E-state index in [4.69, 9.17) is 0 Å². The van der Waals surface area contributed by atoms with Crippen molar-refractivity contribution in [2.75, 3.05) is 5.32 Å². The lowest BCUT2D eigenvalue weighted by molar-refractivity contribution is 0.102. The molecule has 0 bridgehead atoms.